The Bertz CT molecular complexity index is 4700. The number of fused-ring (bicyclic) bond motifs is 7. The summed E-state index contributed by atoms with van der Waals surface area (Å²) in [6.07, 6.45) is 3.58. The Morgan fingerprint density at radius 3 is 1.79 bits per heavy atom. The van der Waals surface area contributed by atoms with Crippen molar-refractivity contribution in [2.75, 3.05) is 0 Å². The van der Waals surface area contributed by atoms with Crippen molar-refractivity contribution < 1.29 is 37.8 Å². The first-order valence-corrected chi connectivity index (χ1v) is 24.0. The average Bonchev–Trinajstić information content (AvgIpc) is 3.57. The van der Waals surface area contributed by atoms with Gasteiger partial charge in [0.25, 0.3) is 0 Å². The van der Waals surface area contributed by atoms with Crippen LogP contribution in [0.5, 0.6) is 11.5 Å². The Morgan fingerprint density at radius 2 is 1.13 bits per heavy atom. The van der Waals surface area contributed by atoms with Crippen LogP contribution < -0.4 is 4.74 Å². The van der Waals surface area contributed by atoms with Crippen molar-refractivity contribution in [1.29, 1.82) is 0 Å². The average molecular weight is 1110 g/mol. The number of aromatic nitrogens is 6. The van der Waals surface area contributed by atoms with Gasteiger partial charge in [-0.2, -0.15) is 0 Å². The molecule has 0 N–H and O–H groups in total. The number of hydrogen-bond acceptors (Lipinski definition) is 3. The van der Waals surface area contributed by atoms with E-state index in [1.54, 1.807) is 24.4 Å². The van der Waals surface area contributed by atoms with Crippen molar-refractivity contribution in [2.24, 2.45) is 0 Å². The molecule has 0 atom stereocenters. The van der Waals surface area contributed by atoms with Gasteiger partial charge in [-0.25, -0.2) is 0 Å². The zero-order valence-corrected chi connectivity index (χ0v) is 40.6. The van der Waals surface area contributed by atoms with Gasteiger partial charge in [0, 0.05) is 12.4 Å². The predicted molar refractivity (Wildman–Crippen MR) is 284 cm³/mol. The van der Waals surface area contributed by atoms with Gasteiger partial charge in [0.2, 0.25) is 0 Å². The van der Waals surface area contributed by atoms with Gasteiger partial charge in [0.1, 0.15) is 0 Å². The van der Waals surface area contributed by atoms with E-state index in [0.29, 0.717) is 43.5 Å². The van der Waals surface area contributed by atoms with E-state index in [4.69, 9.17) is 22.9 Å². The first-order valence-electron chi connectivity index (χ1n) is 27.9. The number of ether oxygens (including phenoxy) is 1. The van der Waals surface area contributed by atoms with E-state index in [1.165, 1.54) is 0 Å². The molecule has 71 heavy (non-hydrogen) atoms. The Balaban J connectivity index is 1.07. The molecule has 0 radical (unpaired) electrons. The second-order valence-corrected chi connectivity index (χ2v) is 19.1. The summed E-state index contributed by atoms with van der Waals surface area (Å²) in [6, 6.07) is 45.5. The Kier molecular flexibility index (Phi) is 7.92. The maximum atomic E-state index is 9.54. The van der Waals surface area contributed by atoms with Crippen molar-refractivity contribution in [1.82, 2.24) is 28.2 Å². The second kappa shape index (κ2) is 16.9. The number of pyridine rings is 2. The van der Waals surface area contributed by atoms with Crippen molar-refractivity contribution in [3.8, 4) is 56.6 Å². The topological polar surface area (TPSA) is 54.7 Å². The molecule has 344 valence electrons. The van der Waals surface area contributed by atoms with Gasteiger partial charge in [0.05, 0.1) is 0 Å². The van der Waals surface area contributed by atoms with E-state index in [0.717, 1.165) is 49.3 Å². The van der Waals surface area contributed by atoms with Crippen molar-refractivity contribution >= 4 is 54.8 Å². The molecule has 13 aromatic rings. The summed E-state index contributed by atoms with van der Waals surface area (Å²) in [5.41, 5.74) is 7.27. The molecule has 0 bridgehead atoms. The molecular formula is C63H44N6OPt-2. The third-order valence-corrected chi connectivity index (χ3v) is 13.9. The number of para-hydroxylation sites is 4. The molecule has 0 aliphatic rings. The standard InChI is InChI=1S/C63H44N6O.Pt/c1-63(2,3)44-33-35-64-60(36-44)69-58-30-17-34-65-61(58)51-32-31-48(40-59(51)69)70-47-23-16-22-45(37-47)66-41-67(57-29-15-14-28-56(57)66)62-52(42-18-6-4-7-19-42)38-46(39-53(62)43-20-8-5-9-21-43)68-54-26-12-10-24-49(54)50-25-11-13-27-55(50)68;/h4-36,38-39H,1-3H3;/q-2;/i4D,5D,6D,7D,8D,9D,18D,19D,20D,21D;. The van der Waals surface area contributed by atoms with Crippen LogP contribution in [-0.2, 0) is 24.8 Å². The van der Waals surface area contributed by atoms with Gasteiger partial charge in [-0.3, -0.25) is 0 Å². The quantitative estimate of drug-likeness (QED) is 0.143. The summed E-state index contributed by atoms with van der Waals surface area (Å²) >= 11 is 2.17. The molecule has 0 saturated heterocycles. The van der Waals surface area contributed by atoms with Crippen LogP contribution in [0.1, 0.15) is 40.0 Å². The van der Waals surface area contributed by atoms with E-state index in [2.05, 4.69) is 58.3 Å². The molecule has 13 rings (SSSR count). The number of hydrogen-bond donors (Lipinski definition) is 0. The number of rotatable bonds is 8. The van der Waals surface area contributed by atoms with Crippen molar-refractivity contribution in [3.05, 3.63) is 234 Å². The van der Waals surface area contributed by atoms with Crippen LogP contribution in [0.25, 0.3) is 99.9 Å². The molecule has 0 unspecified atom stereocenters. The molecule has 5 heterocycles. The van der Waals surface area contributed by atoms with Gasteiger partial charge in [0.15, 0.2) is 0 Å². The summed E-state index contributed by atoms with van der Waals surface area (Å²) in [7, 11) is 0. The normalized spacial score (nSPS) is 13.9. The molecule has 0 aliphatic heterocycles. The molecule has 8 heteroatoms. The molecule has 8 aromatic carbocycles. The number of benzene rings is 8. The van der Waals surface area contributed by atoms with Crippen molar-refractivity contribution in [2.45, 2.75) is 26.2 Å². The first-order chi connectivity index (χ1) is 38.9. The monoisotopic (exact) mass is 1110 g/mol. The van der Waals surface area contributed by atoms with Gasteiger partial charge in [-0.1, -0.05) is 20.8 Å². The SMILES string of the molecule is [2H]c1c([2H])c([2H])c(-c2cc(-n3c4ccccc4c4ccccc43)cc(-c3c([2H])c([2H])c([2H])c([2H])c3[2H])c2-n2[c](=[Pt])n(-c3[c-]c(Oc4[c-]c5c(cc4)c4ncccc4n5-c4cc(C(C)(C)C)ccn4)ccc3)c3ccccc32)c([2H])c1[2H]. The molecule has 0 saturated carbocycles. The maximum absolute atomic E-state index is 9.54. The van der Waals surface area contributed by atoms with Gasteiger partial charge >= 0.3 is 381 Å². The third-order valence-electron chi connectivity index (χ3n) is 12.9. The summed E-state index contributed by atoms with van der Waals surface area (Å²) in [5.74, 6) is 1.47. The Labute approximate surface area is 435 Å². The molecule has 0 spiro atoms. The molecule has 0 amide bonds. The van der Waals surface area contributed by atoms with Crippen LogP contribution in [0.2, 0.25) is 0 Å². The molecule has 0 fully saturated rings. The second-order valence-electron chi connectivity index (χ2n) is 18.1. The van der Waals surface area contributed by atoms with E-state index >= 15 is 0 Å². The minimum absolute atomic E-state index is 0.131. The van der Waals surface area contributed by atoms with E-state index in [-0.39, 0.29) is 33.4 Å². The van der Waals surface area contributed by atoms with Crippen molar-refractivity contribution in [3.63, 3.8) is 0 Å². The minimum atomic E-state index is -0.587. The molecular weight excluding hydrogens is 1050 g/mol. The van der Waals surface area contributed by atoms with Gasteiger partial charge in [-0.15, -0.1) is 0 Å². The van der Waals surface area contributed by atoms with Crippen LogP contribution in [0.4, 0.5) is 0 Å². The summed E-state index contributed by atoms with van der Waals surface area (Å²) < 4.78 is 106. The number of nitrogens with zero attached hydrogens (tertiary/aromatic N) is 6. The fourth-order valence-corrected chi connectivity index (χ4v) is 10.8. The van der Waals surface area contributed by atoms with Crippen LogP contribution in [0.3, 0.4) is 0 Å². The van der Waals surface area contributed by atoms with Gasteiger partial charge < -0.3 is 0 Å². The fourth-order valence-electron chi connectivity index (χ4n) is 9.68. The van der Waals surface area contributed by atoms with E-state index in [9.17, 15) is 5.48 Å². The Hall–Kier alpha value is -8.38. The summed E-state index contributed by atoms with van der Waals surface area (Å²) in [6.45, 7) is 6.48. The number of imidazole rings is 1. The molecule has 5 aromatic heterocycles. The zero-order chi connectivity index (χ0) is 56.5. The van der Waals surface area contributed by atoms with Gasteiger partial charge in [-0.05, 0) is 23.1 Å². The summed E-state index contributed by atoms with van der Waals surface area (Å²) in [5, 5.41) is 2.70. The summed E-state index contributed by atoms with van der Waals surface area (Å²) in [4.78, 5) is 9.57. The predicted octanol–water partition coefficient (Wildman–Crippen LogP) is 15.5. The van der Waals surface area contributed by atoms with E-state index in [1.807, 2.05) is 140 Å². The van der Waals surface area contributed by atoms with Crippen LogP contribution in [0, 0.1) is 15.9 Å². The van der Waals surface area contributed by atoms with Crippen LogP contribution in [0.15, 0.2) is 212 Å². The van der Waals surface area contributed by atoms with Crippen LogP contribution in [-0.4, -0.2) is 28.2 Å². The van der Waals surface area contributed by atoms with E-state index < -0.39 is 60.4 Å². The third kappa shape index (κ3) is 7.18. The molecule has 7 nitrogen and oxygen atoms in total. The molecule has 0 aliphatic carbocycles. The van der Waals surface area contributed by atoms with Crippen LogP contribution >= 0.6 is 0 Å². The zero-order valence-electron chi connectivity index (χ0n) is 48.3. The first kappa shape index (κ1) is 33.2. The Morgan fingerprint density at radius 1 is 0.521 bits per heavy atom. The fraction of sp³-hybridized carbons (Fsp3) is 0.0635.